The zero-order valence-corrected chi connectivity index (χ0v) is 35.0. The van der Waals surface area contributed by atoms with E-state index in [-0.39, 0.29) is 17.3 Å². The SMILES string of the molecule is Cc1nc(N[C@H](C)c2cc(N)cc(C(F)(F)F)c2)c2cc(C(=O)N3CCOCC3)cn2n1.Cc1nc(N[C@H](C)c2cc(N)cc(C(F)(F)F)c2)c2cc(CN3CCOCC3)cn2n1. The normalized spacial score (nSPS) is 16.1. The highest BCUT2D eigenvalue weighted by molar-refractivity contribution is 5.96. The molecule has 0 bridgehead atoms. The van der Waals surface area contributed by atoms with Crippen LogP contribution < -0.4 is 22.1 Å². The van der Waals surface area contributed by atoms with Crippen LogP contribution in [0.25, 0.3) is 11.0 Å². The number of benzene rings is 2. The molecule has 2 aliphatic rings. The molecule has 6 N–H and O–H groups in total. The summed E-state index contributed by atoms with van der Waals surface area (Å²) in [7, 11) is 0. The number of rotatable bonds is 9. The lowest BCUT2D eigenvalue weighted by atomic mass is 10.0. The van der Waals surface area contributed by atoms with E-state index in [1.54, 1.807) is 60.0 Å². The lowest BCUT2D eigenvalue weighted by Gasteiger charge is -2.26. The smallest absolute Gasteiger partial charge is 0.399 e. The van der Waals surface area contributed by atoms with E-state index < -0.39 is 35.6 Å². The number of morpholine rings is 2. The molecule has 21 heteroatoms. The molecular weight excluding hydrogens is 835 g/mol. The molecule has 6 heterocycles. The van der Waals surface area contributed by atoms with Crippen molar-refractivity contribution in [3.8, 4) is 0 Å². The van der Waals surface area contributed by atoms with E-state index in [2.05, 4.69) is 35.7 Å². The Labute approximate surface area is 358 Å². The summed E-state index contributed by atoms with van der Waals surface area (Å²) >= 11 is 0. The number of nitrogen functional groups attached to an aromatic ring is 2. The molecule has 6 aromatic rings. The number of amides is 1. The fourth-order valence-electron chi connectivity index (χ4n) is 7.41. The van der Waals surface area contributed by atoms with Crippen molar-refractivity contribution in [2.75, 3.05) is 74.7 Å². The van der Waals surface area contributed by atoms with Gasteiger partial charge in [-0.1, -0.05) is 0 Å². The van der Waals surface area contributed by atoms with E-state index in [1.807, 2.05) is 12.3 Å². The first-order chi connectivity index (χ1) is 29.8. The molecule has 0 aliphatic carbocycles. The number of anilines is 4. The minimum atomic E-state index is -4.50. The molecule has 2 aliphatic heterocycles. The number of nitrogens with two attached hydrogens (primary N) is 2. The Balaban J connectivity index is 0.000000189. The number of aryl methyl sites for hydroxylation is 2. The summed E-state index contributed by atoms with van der Waals surface area (Å²) in [5.41, 5.74) is 13.6. The molecule has 1 amide bonds. The van der Waals surface area contributed by atoms with E-state index >= 15 is 0 Å². The number of alkyl halides is 6. The third kappa shape index (κ3) is 10.9. The Morgan fingerprint density at radius 2 is 1.14 bits per heavy atom. The summed E-state index contributed by atoms with van der Waals surface area (Å²) in [6.45, 7) is 12.9. The van der Waals surface area contributed by atoms with Crippen LogP contribution >= 0.6 is 0 Å². The van der Waals surface area contributed by atoms with Gasteiger partial charge >= 0.3 is 12.4 Å². The Hall–Kier alpha value is -6.19. The fraction of sp³-hybridized carbons (Fsp3) is 0.405. The van der Waals surface area contributed by atoms with Crippen LogP contribution in [0.5, 0.6) is 0 Å². The van der Waals surface area contributed by atoms with Crippen LogP contribution in [0.3, 0.4) is 0 Å². The van der Waals surface area contributed by atoms with Crippen molar-refractivity contribution in [3.05, 3.63) is 106 Å². The lowest BCUT2D eigenvalue weighted by molar-refractivity contribution is -0.138. The molecule has 2 atom stereocenters. The maximum atomic E-state index is 13.2. The second kappa shape index (κ2) is 18.3. The number of nitrogens with one attached hydrogen (secondary N) is 2. The van der Waals surface area contributed by atoms with Crippen molar-refractivity contribution in [2.24, 2.45) is 0 Å². The molecule has 4 aromatic heterocycles. The monoisotopic (exact) mass is 882 g/mol. The topological polar surface area (TPSA) is 178 Å². The number of carbonyl (C=O) groups excluding carboxylic acids is 1. The summed E-state index contributed by atoms with van der Waals surface area (Å²) in [5.74, 6) is 1.82. The molecule has 63 heavy (non-hydrogen) atoms. The van der Waals surface area contributed by atoms with Gasteiger partial charge in [-0.3, -0.25) is 9.69 Å². The minimum absolute atomic E-state index is 0.0218. The van der Waals surface area contributed by atoms with E-state index in [1.165, 1.54) is 6.07 Å². The molecule has 0 saturated carbocycles. The molecule has 336 valence electrons. The second-order valence-corrected chi connectivity index (χ2v) is 15.5. The van der Waals surface area contributed by atoms with Crippen LogP contribution in [0.15, 0.2) is 60.9 Å². The van der Waals surface area contributed by atoms with Gasteiger partial charge in [-0.05, 0) is 92.9 Å². The van der Waals surface area contributed by atoms with Crippen molar-refractivity contribution in [3.63, 3.8) is 0 Å². The van der Waals surface area contributed by atoms with E-state index in [4.69, 9.17) is 20.9 Å². The maximum absolute atomic E-state index is 13.2. The number of fused-ring (bicyclic) bond motifs is 2. The zero-order chi connectivity index (χ0) is 45.2. The van der Waals surface area contributed by atoms with Gasteiger partial charge in [0.25, 0.3) is 5.91 Å². The lowest BCUT2D eigenvalue weighted by Crippen LogP contribution is -2.40. The second-order valence-electron chi connectivity index (χ2n) is 15.5. The van der Waals surface area contributed by atoms with Gasteiger partial charge in [-0.25, -0.2) is 19.0 Å². The largest absolute Gasteiger partial charge is 0.416 e. The van der Waals surface area contributed by atoms with Crippen LogP contribution in [0, 0.1) is 13.8 Å². The Morgan fingerprint density at radius 1 is 0.683 bits per heavy atom. The van der Waals surface area contributed by atoms with Crippen LogP contribution in [0.4, 0.5) is 49.4 Å². The number of carbonyl (C=O) groups is 1. The molecule has 15 nitrogen and oxygen atoms in total. The number of aromatic nitrogens is 6. The van der Waals surface area contributed by atoms with Gasteiger partial charge in [0.1, 0.15) is 22.7 Å². The third-order valence-corrected chi connectivity index (χ3v) is 10.6. The molecule has 2 aromatic carbocycles. The van der Waals surface area contributed by atoms with Crippen molar-refractivity contribution < 1.29 is 40.6 Å². The predicted octanol–water partition coefficient (Wildman–Crippen LogP) is 6.93. The average Bonchev–Trinajstić information content (AvgIpc) is 3.84. The van der Waals surface area contributed by atoms with Gasteiger partial charge in [0.05, 0.1) is 55.2 Å². The van der Waals surface area contributed by atoms with E-state index in [0.717, 1.165) is 68.2 Å². The summed E-state index contributed by atoms with van der Waals surface area (Å²) in [4.78, 5) is 25.8. The molecular formula is C42H48F6N12O3. The number of nitrogens with zero attached hydrogens (tertiary/aromatic N) is 8. The standard InChI is InChI=1S/C21H23F3N6O2.C21H25F3N6O/c1-12(14-7-16(21(22,23)24)10-17(25)8-14)26-19-18-9-15(11-30(18)28-13(2)27-19)20(31)29-3-5-32-6-4-29;1-13(16-8-17(21(22,23)24)10-18(25)9-16)26-20-19-7-15(11-29-3-5-31-6-4-29)12-30(19)28-14(2)27-20/h7-12H,3-6,25H2,1-2H3,(H,26,27,28);7-10,12-13H,3-6,11,25H2,1-2H3,(H,26,27,28)/t12-;13-/m11/s1. The summed E-state index contributed by atoms with van der Waals surface area (Å²) in [6.07, 6.45) is -5.38. The van der Waals surface area contributed by atoms with E-state index in [0.29, 0.717) is 71.8 Å². The number of halogens is 6. The van der Waals surface area contributed by atoms with Gasteiger partial charge in [-0.2, -0.15) is 36.5 Å². The summed E-state index contributed by atoms with van der Waals surface area (Å²) in [5, 5.41) is 15.1. The van der Waals surface area contributed by atoms with Gasteiger partial charge in [0, 0.05) is 56.5 Å². The highest BCUT2D eigenvalue weighted by atomic mass is 19.4. The van der Waals surface area contributed by atoms with Gasteiger partial charge in [0.15, 0.2) is 11.6 Å². The molecule has 0 spiro atoms. The van der Waals surface area contributed by atoms with Crippen LogP contribution in [-0.4, -0.2) is 97.5 Å². The first-order valence-corrected chi connectivity index (χ1v) is 20.2. The highest BCUT2D eigenvalue weighted by Crippen LogP contribution is 2.35. The van der Waals surface area contributed by atoms with Crippen LogP contribution in [0.1, 0.15) is 75.8 Å². The number of hydrogen-bond donors (Lipinski definition) is 4. The predicted molar refractivity (Wildman–Crippen MR) is 224 cm³/mol. The summed E-state index contributed by atoms with van der Waals surface area (Å²) in [6, 6.07) is 9.74. The van der Waals surface area contributed by atoms with Crippen molar-refractivity contribution in [2.45, 2.75) is 58.7 Å². The fourth-order valence-corrected chi connectivity index (χ4v) is 7.41. The summed E-state index contributed by atoms with van der Waals surface area (Å²) < 4.78 is 93.1. The van der Waals surface area contributed by atoms with Gasteiger partial charge < -0.3 is 36.5 Å². The van der Waals surface area contributed by atoms with Crippen LogP contribution in [-0.2, 0) is 28.4 Å². The van der Waals surface area contributed by atoms with E-state index in [9.17, 15) is 31.1 Å². The average molecular weight is 883 g/mol. The number of hydrogen-bond acceptors (Lipinski definition) is 12. The first kappa shape index (κ1) is 44.9. The minimum Gasteiger partial charge on any atom is -0.399 e. The molecule has 0 unspecified atom stereocenters. The first-order valence-electron chi connectivity index (χ1n) is 20.2. The highest BCUT2D eigenvalue weighted by Gasteiger charge is 2.33. The maximum Gasteiger partial charge on any atom is 0.416 e. The molecule has 8 rings (SSSR count). The van der Waals surface area contributed by atoms with Crippen molar-refractivity contribution in [1.82, 2.24) is 39.0 Å². The number of ether oxygens (including phenoxy) is 2. The van der Waals surface area contributed by atoms with Crippen LogP contribution in [0.2, 0.25) is 0 Å². The van der Waals surface area contributed by atoms with Crippen molar-refractivity contribution in [1.29, 1.82) is 0 Å². The molecule has 2 saturated heterocycles. The third-order valence-electron chi connectivity index (χ3n) is 10.6. The van der Waals surface area contributed by atoms with Crippen molar-refractivity contribution >= 4 is 40.0 Å². The molecule has 2 fully saturated rings. The Morgan fingerprint density at radius 3 is 1.63 bits per heavy atom. The molecule has 0 radical (unpaired) electrons. The Kier molecular flexibility index (Phi) is 13.0. The Bertz CT molecular complexity index is 2580. The quantitative estimate of drug-likeness (QED) is 0.0871. The van der Waals surface area contributed by atoms with Gasteiger partial charge in [0.2, 0.25) is 0 Å². The van der Waals surface area contributed by atoms with Gasteiger partial charge in [-0.15, -0.1) is 0 Å². The zero-order valence-electron chi connectivity index (χ0n) is 35.0.